The van der Waals surface area contributed by atoms with Gasteiger partial charge in [-0.2, -0.15) is 0 Å². The largest absolute Gasteiger partial charge is 0.462 e. The maximum Gasteiger partial charge on any atom is 0.343 e. The molecule has 3 N–H and O–H groups in total. The number of hydrogen-bond acceptors (Lipinski definition) is 4. The van der Waals surface area contributed by atoms with E-state index >= 15 is 0 Å². The lowest BCUT2D eigenvalue weighted by atomic mass is 10.1. The van der Waals surface area contributed by atoms with Crippen LogP contribution in [0.1, 0.15) is 19.4 Å². The SMILES string of the molecule is CCOC(=O)/C(=C/N=C(\N)NCCc1ccc(F)cc1)C(C)=O. The van der Waals surface area contributed by atoms with Gasteiger partial charge in [0.05, 0.1) is 6.61 Å². The minimum atomic E-state index is -0.733. The third kappa shape index (κ3) is 6.73. The lowest BCUT2D eigenvalue weighted by Gasteiger charge is -2.05. The molecule has 23 heavy (non-hydrogen) atoms. The second-order valence-corrected chi connectivity index (χ2v) is 4.64. The Hall–Kier alpha value is -2.70. The highest BCUT2D eigenvalue weighted by atomic mass is 19.1. The van der Waals surface area contributed by atoms with Crippen molar-refractivity contribution in [2.75, 3.05) is 13.2 Å². The molecule has 0 saturated heterocycles. The number of ether oxygens (including phenoxy) is 1. The summed E-state index contributed by atoms with van der Waals surface area (Å²) in [7, 11) is 0. The maximum absolute atomic E-state index is 12.8. The summed E-state index contributed by atoms with van der Waals surface area (Å²) in [5.41, 5.74) is 6.43. The number of Topliss-reactive ketones (excluding diaryl/α,β-unsaturated/α-hetero) is 1. The number of ketones is 1. The van der Waals surface area contributed by atoms with E-state index in [0.29, 0.717) is 13.0 Å². The summed E-state index contributed by atoms with van der Waals surface area (Å²) in [4.78, 5) is 26.8. The molecular weight excluding hydrogens is 301 g/mol. The number of hydrogen-bond donors (Lipinski definition) is 2. The average molecular weight is 321 g/mol. The number of aliphatic imine (C=N–C) groups is 1. The van der Waals surface area contributed by atoms with Crippen molar-refractivity contribution >= 4 is 17.7 Å². The molecule has 0 atom stereocenters. The van der Waals surface area contributed by atoms with Gasteiger partial charge in [-0.3, -0.25) is 4.79 Å². The van der Waals surface area contributed by atoms with Crippen LogP contribution in [0, 0.1) is 5.82 Å². The number of rotatable bonds is 7. The van der Waals surface area contributed by atoms with E-state index < -0.39 is 11.8 Å². The molecule has 0 heterocycles. The number of nitrogens with one attached hydrogen (secondary N) is 1. The summed E-state index contributed by atoms with van der Waals surface area (Å²) in [5, 5.41) is 2.84. The summed E-state index contributed by atoms with van der Waals surface area (Å²) in [5.74, 6) is -1.41. The fourth-order valence-corrected chi connectivity index (χ4v) is 1.66. The number of nitrogens with zero attached hydrogens (tertiary/aromatic N) is 1. The molecule has 0 unspecified atom stereocenters. The first-order valence-electron chi connectivity index (χ1n) is 7.13. The lowest BCUT2D eigenvalue weighted by molar-refractivity contribution is -0.139. The Morgan fingerprint density at radius 2 is 2.00 bits per heavy atom. The van der Waals surface area contributed by atoms with Crippen LogP contribution in [0.2, 0.25) is 0 Å². The monoisotopic (exact) mass is 321 g/mol. The normalized spacial score (nSPS) is 12.0. The minimum Gasteiger partial charge on any atom is -0.462 e. The van der Waals surface area contributed by atoms with Gasteiger partial charge in [0.2, 0.25) is 0 Å². The second kappa shape index (κ2) is 9.34. The van der Waals surface area contributed by atoms with Crippen LogP contribution >= 0.6 is 0 Å². The Morgan fingerprint density at radius 1 is 1.35 bits per heavy atom. The van der Waals surface area contributed by atoms with E-state index in [4.69, 9.17) is 10.5 Å². The van der Waals surface area contributed by atoms with Gasteiger partial charge in [0.25, 0.3) is 0 Å². The third-order valence-corrected chi connectivity index (χ3v) is 2.84. The van der Waals surface area contributed by atoms with Gasteiger partial charge < -0.3 is 15.8 Å². The molecule has 124 valence electrons. The van der Waals surface area contributed by atoms with Crippen molar-refractivity contribution in [2.24, 2.45) is 10.7 Å². The average Bonchev–Trinajstić information content (AvgIpc) is 2.49. The first-order chi connectivity index (χ1) is 10.9. The Kier molecular flexibility index (Phi) is 7.45. The molecule has 0 aliphatic rings. The lowest BCUT2D eigenvalue weighted by Crippen LogP contribution is -2.32. The number of guanidine groups is 1. The van der Waals surface area contributed by atoms with E-state index in [9.17, 15) is 14.0 Å². The number of esters is 1. The van der Waals surface area contributed by atoms with E-state index in [0.717, 1.165) is 11.8 Å². The van der Waals surface area contributed by atoms with Crippen LogP contribution in [0.5, 0.6) is 0 Å². The van der Waals surface area contributed by atoms with Crippen molar-refractivity contribution in [1.82, 2.24) is 5.32 Å². The van der Waals surface area contributed by atoms with Gasteiger partial charge in [0.1, 0.15) is 11.4 Å². The van der Waals surface area contributed by atoms with E-state index in [1.54, 1.807) is 19.1 Å². The number of carbonyl (C=O) groups excluding carboxylic acids is 2. The molecule has 0 spiro atoms. The molecule has 1 aromatic rings. The van der Waals surface area contributed by atoms with Crippen LogP contribution in [0.3, 0.4) is 0 Å². The molecule has 6 nitrogen and oxygen atoms in total. The van der Waals surface area contributed by atoms with Crippen LogP contribution in [-0.4, -0.2) is 30.9 Å². The summed E-state index contributed by atoms with van der Waals surface area (Å²) in [6.45, 7) is 3.53. The number of nitrogens with two attached hydrogens (primary N) is 1. The predicted molar refractivity (Wildman–Crippen MR) is 85.1 cm³/mol. The van der Waals surface area contributed by atoms with Gasteiger partial charge in [-0.05, 0) is 38.0 Å². The molecule has 0 radical (unpaired) electrons. The maximum atomic E-state index is 12.8. The quantitative estimate of drug-likeness (QED) is 0.197. The van der Waals surface area contributed by atoms with Crippen molar-refractivity contribution in [1.29, 1.82) is 0 Å². The fraction of sp³-hybridized carbons (Fsp3) is 0.312. The molecular formula is C16H20FN3O3. The molecule has 0 aliphatic carbocycles. The number of halogens is 1. The second-order valence-electron chi connectivity index (χ2n) is 4.64. The van der Waals surface area contributed by atoms with Crippen molar-refractivity contribution in [3.8, 4) is 0 Å². The Labute approximate surface area is 134 Å². The predicted octanol–water partition coefficient (Wildman–Crippen LogP) is 1.31. The van der Waals surface area contributed by atoms with Crippen LogP contribution in [0.25, 0.3) is 0 Å². The zero-order valence-corrected chi connectivity index (χ0v) is 13.1. The van der Waals surface area contributed by atoms with E-state index in [1.165, 1.54) is 19.1 Å². The molecule has 7 heteroatoms. The van der Waals surface area contributed by atoms with Crippen molar-refractivity contribution in [2.45, 2.75) is 20.3 Å². The van der Waals surface area contributed by atoms with Crippen LogP contribution in [-0.2, 0) is 20.7 Å². The Bertz CT molecular complexity index is 610. The molecule has 0 aliphatic heterocycles. The Morgan fingerprint density at radius 3 is 2.57 bits per heavy atom. The zero-order chi connectivity index (χ0) is 17.2. The van der Waals surface area contributed by atoms with Crippen molar-refractivity contribution < 1.29 is 18.7 Å². The standard InChI is InChI=1S/C16H20FN3O3/c1-3-23-15(22)14(11(2)21)10-20-16(18)19-9-8-12-4-6-13(17)7-5-12/h4-7,10H,3,8-9H2,1-2H3,(H3,18,19,20)/b14-10+. The van der Waals surface area contributed by atoms with Gasteiger partial charge in [0, 0.05) is 12.7 Å². The summed E-state index contributed by atoms with van der Waals surface area (Å²) in [6, 6.07) is 6.12. The summed E-state index contributed by atoms with van der Waals surface area (Å²) in [6.07, 6.45) is 1.71. The number of carbonyl (C=O) groups is 2. The zero-order valence-electron chi connectivity index (χ0n) is 13.1. The smallest absolute Gasteiger partial charge is 0.343 e. The van der Waals surface area contributed by atoms with Crippen LogP contribution in [0.4, 0.5) is 4.39 Å². The van der Waals surface area contributed by atoms with Gasteiger partial charge in [-0.25, -0.2) is 14.2 Å². The van der Waals surface area contributed by atoms with Gasteiger partial charge in [-0.1, -0.05) is 12.1 Å². The summed E-state index contributed by atoms with van der Waals surface area (Å²) >= 11 is 0. The van der Waals surface area contributed by atoms with Crippen molar-refractivity contribution in [3.05, 3.63) is 47.4 Å². The molecule has 0 amide bonds. The third-order valence-electron chi connectivity index (χ3n) is 2.84. The van der Waals surface area contributed by atoms with Crippen LogP contribution in [0.15, 0.2) is 41.0 Å². The van der Waals surface area contributed by atoms with Crippen molar-refractivity contribution in [3.63, 3.8) is 0 Å². The topological polar surface area (TPSA) is 93.8 Å². The van der Waals surface area contributed by atoms with Gasteiger partial charge in [-0.15, -0.1) is 0 Å². The summed E-state index contributed by atoms with van der Waals surface area (Å²) < 4.78 is 17.5. The highest BCUT2D eigenvalue weighted by molar-refractivity contribution is 6.16. The van der Waals surface area contributed by atoms with Gasteiger partial charge in [0.15, 0.2) is 11.7 Å². The molecule has 0 bridgehead atoms. The fourth-order valence-electron chi connectivity index (χ4n) is 1.66. The minimum absolute atomic E-state index is 0.0650. The molecule has 0 aromatic heterocycles. The van der Waals surface area contributed by atoms with Crippen LogP contribution < -0.4 is 11.1 Å². The van der Waals surface area contributed by atoms with E-state index in [1.807, 2.05) is 0 Å². The molecule has 0 fully saturated rings. The van der Waals surface area contributed by atoms with Gasteiger partial charge >= 0.3 is 5.97 Å². The highest BCUT2D eigenvalue weighted by Crippen LogP contribution is 2.03. The first kappa shape index (κ1) is 18.3. The molecule has 1 rings (SSSR count). The van der Waals surface area contributed by atoms with E-state index in [2.05, 4.69) is 10.3 Å². The highest BCUT2D eigenvalue weighted by Gasteiger charge is 2.15. The molecule has 1 aromatic carbocycles. The Balaban J connectivity index is 2.57. The van der Waals surface area contributed by atoms with E-state index in [-0.39, 0.29) is 24.0 Å². The first-order valence-corrected chi connectivity index (χ1v) is 7.13. The number of benzene rings is 1. The molecule has 0 saturated carbocycles.